The molecule has 0 radical (unpaired) electrons. The van der Waals surface area contributed by atoms with Crippen molar-refractivity contribution in [3.05, 3.63) is 101 Å². The third-order valence-corrected chi connectivity index (χ3v) is 7.72. The fourth-order valence-corrected chi connectivity index (χ4v) is 5.92. The summed E-state index contributed by atoms with van der Waals surface area (Å²) in [6, 6.07) is 19.2. The first-order valence-corrected chi connectivity index (χ1v) is 12.7. The van der Waals surface area contributed by atoms with Crippen LogP contribution < -0.4 is 10.0 Å². The van der Waals surface area contributed by atoms with E-state index in [1.54, 1.807) is 19.2 Å². The maximum absolute atomic E-state index is 13.7. The minimum absolute atomic E-state index is 0.187. The molecular weight excluding hydrogens is 477 g/mol. The topological polar surface area (TPSA) is 111 Å². The maximum Gasteiger partial charge on any atom is 0.272 e. The molecule has 2 unspecified atom stereocenters. The number of aryl methyl sites for hydroxylation is 1. The van der Waals surface area contributed by atoms with Crippen LogP contribution in [0.4, 0.5) is 10.1 Å². The number of benzene rings is 3. The van der Waals surface area contributed by atoms with Gasteiger partial charge < -0.3 is 9.88 Å². The van der Waals surface area contributed by atoms with Crippen molar-refractivity contribution < 1.29 is 13.4 Å². The van der Waals surface area contributed by atoms with Crippen molar-refractivity contribution in [1.29, 1.82) is 10.0 Å². The number of nitrogens with one attached hydrogen (secondary N) is 3. The molecule has 1 aliphatic heterocycles. The lowest BCUT2D eigenvalue weighted by molar-refractivity contribution is 0.101. The van der Waals surface area contributed by atoms with Crippen molar-refractivity contribution in [2.24, 2.45) is 7.05 Å². The number of halogens is 1. The second kappa shape index (κ2) is 9.07. The van der Waals surface area contributed by atoms with Gasteiger partial charge in [0.05, 0.1) is 10.5 Å². The van der Waals surface area contributed by atoms with Gasteiger partial charge in [0.1, 0.15) is 27.5 Å². The first-order chi connectivity index (χ1) is 17.2. The lowest BCUT2D eigenvalue weighted by Gasteiger charge is -2.15. The van der Waals surface area contributed by atoms with Gasteiger partial charge in [-0.05, 0) is 41.0 Å². The molecule has 0 spiro atoms. The Labute approximate surface area is 208 Å². The van der Waals surface area contributed by atoms with E-state index in [1.165, 1.54) is 22.9 Å². The number of amides is 1. The lowest BCUT2D eigenvalue weighted by atomic mass is 10.0. The number of hydrogen-bond acceptors (Lipinski definition) is 4. The predicted octanol–water partition coefficient (Wildman–Crippen LogP) is 4.99. The van der Waals surface area contributed by atoms with Crippen molar-refractivity contribution >= 4 is 38.4 Å². The molecule has 4 aromatic rings. The second-order valence-electron chi connectivity index (χ2n) is 8.65. The fraction of sp³-hybridized carbons (Fsp3) is 0.111. The van der Waals surface area contributed by atoms with Crippen LogP contribution in [-0.4, -0.2) is 20.7 Å². The molecule has 3 N–H and O–H groups in total. The van der Waals surface area contributed by atoms with Crippen molar-refractivity contribution in [3.63, 3.8) is 0 Å². The summed E-state index contributed by atoms with van der Waals surface area (Å²) in [5, 5.41) is 14.0. The molecule has 2 atom stereocenters. The van der Waals surface area contributed by atoms with Crippen LogP contribution in [0.15, 0.2) is 77.8 Å². The number of aromatic nitrogens is 1. The minimum atomic E-state index is -3.42. The van der Waals surface area contributed by atoms with Gasteiger partial charge in [-0.25, -0.2) is 18.1 Å². The van der Waals surface area contributed by atoms with Crippen LogP contribution in [0.5, 0.6) is 0 Å². The van der Waals surface area contributed by atoms with E-state index in [4.69, 9.17) is 10.0 Å². The molecule has 0 fully saturated rings. The Balaban J connectivity index is 1.45. The number of nitriles is 1. The average molecular weight is 500 g/mol. The zero-order valence-electron chi connectivity index (χ0n) is 19.3. The highest BCUT2D eigenvalue weighted by atomic mass is 32.2. The highest BCUT2D eigenvalue weighted by molar-refractivity contribution is 7.90. The average Bonchev–Trinajstić information content (AvgIpc) is 3.14. The van der Waals surface area contributed by atoms with Crippen molar-refractivity contribution in [3.8, 4) is 6.07 Å². The largest absolute Gasteiger partial charge is 0.345 e. The first-order valence-electron chi connectivity index (χ1n) is 11.2. The van der Waals surface area contributed by atoms with E-state index in [0.717, 1.165) is 22.4 Å². The summed E-state index contributed by atoms with van der Waals surface area (Å²) in [6.45, 7) is 0. The third-order valence-electron chi connectivity index (χ3n) is 6.14. The summed E-state index contributed by atoms with van der Waals surface area (Å²) >= 11 is 0. The maximum atomic E-state index is 13.7. The van der Waals surface area contributed by atoms with Crippen LogP contribution in [0.25, 0.3) is 16.8 Å². The number of carbonyl (C=O) groups excluding carboxylic acids is 1. The zero-order valence-corrected chi connectivity index (χ0v) is 20.1. The van der Waals surface area contributed by atoms with E-state index in [-0.39, 0.29) is 27.9 Å². The number of carbonyl (C=O) groups is 1. The van der Waals surface area contributed by atoms with Crippen LogP contribution in [0, 0.1) is 21.9 Å². The van der Waals surface area contributed by atoms with Gasteiger partial charge >= 0.3 is 0 Å². The quantitative estimate of drug-likeness (QED) is 0.368. The molecule has 180 valence electrons. The summed E-state index contributed by atoms with van der Waals surface area (Å²) in [6.07, 6.45) is 5.57. The van der Waals surface area contributed by atoms with E-state index in [1.807, 2.05) is 42.5 Å². The number of fused-ring (bicyclic) bond motifs is 2. The number of anilines is 1. The summed E-state index contributed by atoms with van der Waals surface area (Å²) < 4.78 is 40.1. The number of nitrogens with zero attached hydrogens (tertiary/aromatic N) is 2. The van der Waals surface area contributed by atoms with Gasteiger partial charge in [-0.3, -0.25) is 4.79 Å². The van der Waals surface area contributed by atoms with E-state index >= 15 is 0 Å². The lowest BCUT2D eigenvalue weighted by Crippen LogP contribution is -2.33. The van der Waals surface area contributed by atoms with E-state index in [9.17, 15) is 13.4 Å². The SMILES string of the molecule is Cn1cc2c(c1C(=O)Nc1ccc(F)c(C#N)c1)C=CC(Cc1ccc3ccccc3c1)NS2(=N)=O. The summed E-state index contributed by atoms with van der Waals surface area (Å²) in [5.74, 6) is -1.20. The Morgan fingerprint density at radius 3 is 2.75 bits per heavy atom. The Bertz CT molecular complexity index is 1700. The zero-order chi connectivity index (χ0) is 25.4. The molecular formula is C27H22FN5O2S. The van der Waals surface area contributed by atoms with E-state index < -0.39 is 21.6 Å². The molecule has 2 heterocycles. The molecule has 3 aromatic carbocycles. The van der Waals surface area contributed by atoms with Crippen LogP contribution in [0.2, 0.25) is 0 Å². The molecule has 9 heteroatoms. The summed E-state index contributed by atoms with van der Waals surface area (Å²) in [4.78, 5) is 13.4. The molecule has 7 nitrogen and oxygen atoms in total. The van der Waals surface area contributed by atoms with Crippen LogP contribution in [0.3, 0.4) is 0 Å². The van der Waals surface area contributed by atoms with Crippen LogP contribution >= 0.6 is 0 Å². The van der Waals surface area contributed by atoms with Crippen molar-refractivity contribution in [1.82, 2.24) is 9.29 Å². The molecule has 0 saturated carbocycles. The Kier molecular flexibility index (Phi) is 5.92. The smallest absolute Gasteiger partial charge is 0.272 e. The Hall–Kier alpha value is -4.26. The molecule has 1 amide bonds. The molecule has 1 aromatic heterocycles. The standard InChI is InChI=1S/C27H22FN5O2S/c1-33-16-25-23(26(33)27(34)31-21-9-11-24(28)20(14-21)15-29)10-8-22(32-36(25,30)35)13-17-6-7-18-4-2-3-5-19(18)12-17/h2-12,14,16,22H,13H2,1H3,(H,31,34)(H2,30,32,35). The van der Waals surface area contributed by atoms with Gasteiger partial charge in [-0.1, -0.05) is 54.6 Å². The van der Waals surface area contributed by atoms with Gasteiger partial charge in [-0.15, -0.1) is 0 Å². The number of rotatable bonds is 4. The molecule has 36 heavy (non-hydrogen) atoms. The highest BCUT2D eigenvalue weighted by Gasteiger charge is 2.28. The Morgan fingerprint density at radius 1 is 1.19 bits per heavy atom. The van der Waals surface area contributed by atoms with Gasteiger partial charge in [-0.2, -0.15) is 5.26 Å². The third kappa shape index (κ3) is 4.40. The molecule has 5 rings (SSSR count). The second-order valence-corrected chi connectivity index (χ2v) is 10.4. The highest BCUT2D eigenvalue weighted by Crippen LogP contribution is 2.28. The Morgan fingerprint density at radius 2 is 1.97 bits per heavy atom. The van der Waals surface area contributed by atoms with Crippen molar-refractivity contribution in [2.75, 3.05) is 5.32 Å². The summed E-state index contributed by atoms with van der Waals surface area (Å²) in [7, 11) is -1.79. The first kappa shape index (κ1) is 23.5. The molecule has 1 aliphatic rings. The monoisotopic (exact) mass is 499 g/mol. The normalized spacial score (nSPS) is 18.9. The molecule has 0 bridgehead atoms. The van der Waals surface area contributed by atoms with Crippen LogP contribution in [-0.2, 0) is 23.4 Å². The molecule has 0 saturated heterocycles. The van der Waals surface area contributed by atoms with Crippen LogP contribution in [0.1, 0.15) is 27.2 Å². The molecule has 0 aliphatic carbocycles. The predicted molar refractivity (Wildman–Crippen MR) is 137 cm³/mol. The van der Waals surface area contributed by atoms with E-state index in [2.05, 4.69) is 16.1 Å². The minimum Gasteiger partial charge on any atom is -0.345 e. The van der Waals surface area contributed by atoms with E-state index in [0.29, 0.717) is 12.0 Å². The summed E-state index contributed by atoms with van der Waals surface area (Å²) in [5.41, 5.74) is 1.68. The van der Waals surface area contributed by atoms with Crippen molar-refractivity contribution in [2.45, 2.75) is 17.4 Å². The van der Waals surface area contributed by atoms with Gasteiger partial charge in [0.15, 0.2) is 0 Å². The fourth-order valence-electron chi connectivity index (χ4n) is 4.43. The number of hydrogen-bond donors (Lipinski definition) is 3. The van der Waals surface area contributed by atoms with Gasteiger partial charge in [0.2, 0.25) is 0 Å². The van der Waals surface area contributed by atoms with Gasteiger partial charge in [0.25, 0.3) is 5.91 Å². The van der Waals surface area contributed by atoms with Gasteiger partial charge in [0, 0.05) is 30.5 Å².